The third kappa shape index (κ3) is 4.52. The summed E-state index contributed by atoms with van der Waals surface area (Å²) in [5.41, 5.74) is 10.1. The van der Waals surface area contributed by atoms with Crippen LogP contribution in [0.15, 0.2) is 67.1 Å². The first kappa shape index (κ1) is 22.1. The first-order valence-electron chi connectivity index (χ1n) is 11.7. The fraction of sp³-hybridized carbons (Fsp3) is 0.296. The van der Waals surface area contributed by atoms with Crippen molar-refractivity contribution in [2.24, 2.45) is 5.73 Å². The highest BCUT2D eigenvalue weighted by Gasteiger charge is 2.22. The molecule has 7 nitrogen and oxygen atoms in total. The standard InChI is InChI=1S/C27H29N5O2/c1-34-26-5-4-23(19-6-12-29-13-7-19)30-24(26)11-16-31-14-9-22(10-15-31)32-17-8-20-2-3-21(27(28)33)18-25(20)32/h2-8,12-13,17-18,22H,9-11,14-16H2,1H3,(H2,28,33). The van der Waals surface area contributed by atoms with Crippen molar-refractivity contribution in [2.45, 2.75) is 25.3 Å². The maximum Gasteiger partial charge on any atom is 0.248 e. The fourth-order valence-electron chi connectivity index (χ4n) is 4.84. The zero-order valence-electron chi connectivity index (χ0n) is 19.4. The molecular weight excluding hydrogens is 426 g/mol. The van der Waals surface area contributed by atoms with Gasteiger partial charge in [-0.15, -0.1) is 0 Å². The van der Waals surface area contributed by atoms with Crippen LogP contribution < -0.4 is 10.5 Å². The van der Waals surface area contributed by atoms with Crippen LogP contribution in [-0.2, 0) is 6.42 Å². The van der Waals surface area contributed by atoms with Crippen LogP contribution in [0.1, 0.15) is 34.9 Å². The Morgan fingerprint density at radius 2 is 1.88 bits per heavy atom. The highest BCUT2D eigenvalue weighted by Crippen LogP contribution is 2.29. The molecule has 0 atom stereocenters. The molecule has 1 saturated heterocycles. The highest BCUT2D eigenvalue weighted by atomic mass is 16.5. The third-order valence-electron chi connectivity index (χ3n) is 6.75. The van der Waals surface area contributed by atoms with Gasteiger partial charge in [0.2, 0.25) is 5.91 Å². The second-order valence-corrected chi connectivity index (χ2v) is 8.77. The molecule has 1 amide bonds. The molecule has 5 rings (SSSR count). The Bertz CT molecular complexity index is 1290. The van der Waals surface area contributed by atoms with Gasteiger partial charge in [0.15, 0.2) is 0 Å². The monoisotopic (exact) mass is 455 g/mol. The Morgan fingerprint density at radius 1 is 1.09 bits per heavy atom. The molecule has 0 bridgehead atoms. The van der Waals surface area contributed by atoms with Crippen molar-refractivity contribution in [3.8, 4) is 17.0 Å². The number of nitrogens with zero attached hydrogens (tertiary/aromatic N) is 4. The number of carbonyl (C=O) groups is 1. The summed E-state index contributed by atoms with van der Waals surface area (Å²) in [6.45, 7) is 2.98. The van der Waals surface area contributed by atoms with Gasteiger partial charge >= 0.3 is 0 Å². The predicted molar refractivity (Wildman–Crippen MR) is 133 cm³/mol. The number of rotatable bonds is 7. The van der Waals surface area contributed by atoms with Crippen LogP contribution in [0.3, 0.4) is 0 Å². The molecule has 4 heterocycles. The van der Waals surface area contributed by atoms with E-state index in [0.29, 0.717) is 11.6 Å². The molecule has 3 aromatic heterocycles. The lowest BCUT2D eigenvalue weighted by Crippen LogP contribution is -2.36. The smallest absolute Gasteiger partial charge is 0.248 e. The van der Waals surface area contributed by atoms with Crippen molar-refractivity contribution in [3.05, 3.63) is 78.4 Å². The Morgan fingerprint density at radius 3 is 2.62 bits per heavy atom. The number of hydrogen-bond acceptors (Lipinski definition) is 5. The molecule has 0 radical (unpaired) electrons. The van der Waals surface area contributed by atoms with E-state index in [1.807, 2.05) is 36.4 Å². The number of benzene rings is 1. The molecule has 0 spiro atoms. The maximum atomic E-state index is 11.6. The van der Waals surface area contributed by atoms with Gasteiger partial charge in [-0.1, -0.05) is 6.07 Å². The largest absolute Gasteiger partial charge is 0.495 e. The van der Waals surface area contributed by atoms with Gasteiger partial charge in [0, 0.05) is 67.3 Å². The van der Waals surface area contributed by atoms with Gasteiger partial charge in [-0.05, 0) is 60.7 Å². The lowest BCUT2D eigenvalue weighted by Gasteiger charge is -2.33. The first-order chi connectivity index (χ1) is 16.6. The Balaban J connectivity index is 1.24. The summed E-state index contributed by atoms with van der Waals surface area (Å²) in [5.74, 6) is 0.443. The molecule has 7 heteroatoms. The molecule has 1 aliphatic heterocycles. The van der Waals surface area contributed by atoms with Crippen LogP contribution in [0, 0.1) is 0 Å². The molecule has 0 unspecified atom stereocenters. The van der Waals surface area contributed by atoms with Gasteiger partial charge in [-0.3, -0.25) is 9.78 Å². The summed E-state index contributed by atoms with van der Waals surface area (Å²) in [6, 6.07) is 16.2. The SMILES string of the molecule is COc1ccc(-c2ccncc2)nc1CCN1CCC(n2ccc3ccc(C(N)=O)cc32)CC1. The molecule has 1 fully saturated rings. The average molecular weight is 456 g/mol. The summed E-state index contributed by atoms with van der Waals surface area (Å²) < 4.78 is 7.89. The van der Waals surface area contributed by atoms with E-state index in [1.54, 1.807) is 25.6 Å². The zero-order valence-corrected chi connectivity index (χ0v) is 19.4. The van der Waals surface area contributed by atoms with E-state index in [-0.39, 0.29) is 5.91 Å². The lowest BCUT2D eigenvalue weighted by atomic mass is 10.0. The highest BCUT2D eigenvalue weighted by molar-refractivity contribution is 5.97. The Labute approximate surface area is 199 Å². The van der Waals surface area contributed by atoms with E-state index in [9.17, 15) is 4.79 Å². The fourth-order valence-corrected chi connectivity index (χ4v) is 4.84. The number of fused-ring (bicyclic) bond motifs is 1. The van der Waals surface area contributed by atoms with Crippen molar-refractivity contribution in [1.29, 1.82) is 0 Å². The van der Waals surface area contributed by atoms with E-state index in [0.717, 1.165) is 72.5 Å². The van der Waals surface area contributed by atoms with Crippen LogP contribution >= 0.6 is 0 Å². The van der Waals surface area contributed by atoms with Crippen LogP contribution in [0.4, 0.5) is 0 Å². The second kappa shape index (κ2) is 9.65. The van der Waals surface area contributed by atoms with Crippen LogP contribution in [0.25, 0.3) is 22.2 Å². The van der Waals surface area contributed by atoms with Crippen LogP contribution in [-0.4, -0.2) is 52.1 Å². The number of aromatic nitrogens is 3. The summed E-state index contributed by atoms with van der Waals surface area (Å²) in [4.78, 5) is 23.1. The second-order valence-electron chi connectivity index (χ2n) is 8.77. The van der Waals surface area contributed by atoms with Crippen LogP contribution in [0.2, 0.25) is 0 Å². The molecule has 0 aliphatic carbocycles. The van der Waals surface area contributed by atoms with Crippen molar-refractivity contribution in [1.82, 2.24) is 19.4 Å². The molecule has 2 N–H and O–H groups in total. The quantitative estimate of drug-likeness (QED) is 0.454. The van der Waals surface area contributed by atoms with E-state index in [4.69, 9.17) is 15.5 Å². The predicted octanol–water partition coefficient (Wildman–Crippen LogP) is 4.09. The number of nitrogens with two attached hydrogens (primary N) is 1. The van der Waals surface area contributed by atoms with E-state index >= 15 is 0 Å². The van der Waals surface area contributed by atoms with E-state index < -0.39 is 0 Å². The number of ether oxygens (including phenoxy) is 1. The zero-order chi connectivity index (χ0) is 23.5. The molecule has 4 aromatic rings. The van der Waals surface area contributed by atoms with Gasteiger partial charge in [0.05, 0.1) is 18.5 Å². The van der Waals surface area contributed by atoms with Crippen molar-refractivity contribution >= 4 is 16.8 Å². The van der Waals surface area contributed by atoms with Crippen molar-refractivity contribution < 1.29 is 9.53 Å². The van der Waals surface area contributed by atoms with Crippen LogP contribution in [0.5, 0.6) is 5.75 Å². The number of piperidine rings is 1. The number of primary amides is 1. The number of pyridine rings is 2. The summed E-state index contributed by atoms with van der Waals surface area (Å²) in [5, 5.41) is 1.14. The molecule has 34 heavy (non-hydrogen) atoms. The topological polar surface area (TPSA) is 86.3 Å². The molecular formula is C27H29N5O2. The minimum Gasteiger partial charge on any atom is -0.495 e. The summed E-state index contributed by atoms with van der Waals surface area (Å²) in [6.07, 6.45) is 8.66. The Kier molecular flexibility index (Phi) is 6.27. The number of carbonyl (C=O) groups excluding carboxylic acids is 1. The van der Waals surface area contributed by atoms with Gasteiger partial charge in [0.1, 0.15) is 5.75 Å². The lowest BCUT2D eigenvalue weighted by molar-refractivity contribution is 0.100. The number of likely N-dealkylation sites (tertiary alicyclic amines) is 1. The number of amides is 1. The minimum absolute atomic E-state index is 0.387. The molecule has 1 aliphatic rings. The van der Waals surface area contributed by atoms with E-state index in [2.05, 4.69) is 26.7 Å². The van der Waals surface area contributed by atoms with Crippen molar-refractivity contribution in [2.75, 3.05) is 26.7 Å². The molecule has 1 aromatic carbocycles. The van der Waals surface area contributed by atoms with Crippen molar-refractivity contribution in [3.63, 3.8) is 0 Å². The normalized spacial score (nSPS) is 15.0. The third-order valence-corrected chi connectivity index (χ3v) is 6.75. The van der Waals surface area contributed by atoms with Gasteiger partial charge in [-0.2, -0.15) is 0 Å². The number of hydrogen-bond donors (Lipinski definition) is 1. The van der Waals surface area contributed by atoms with Gasteiger partial charge in [-0.25, -0.2) is 4.98 Å². The Hall–Kier alpha value is -3.71. The van der Waals surface area contributed by atoms with Gasteiger partial charge in [0.25, 0.3) is 0 Å². The first-order valence-corrected chi connectivity index (χ1v) is 11.7. The molecule has 174 valence electrons. The maximum absolute atomic E-state index is 11.6. The average Bonchev–Trinajstić information content (AvgIpc) is 3.31. The van der Waals surface area contributed by atoms with Gasteiger partial charge < -0.3 is 19.9 Å². The summed E-state index contributed by atoms with van der Waals surface area (Å²) in [7, 11) is 1.70. The molecule has 0 saturated carbocycles. The number of methoxy groups -OCH3 is 1. The summed E-state index contributed by atoms with van der Waals surface area (Å²) >= 11 is 0. The van der Waals surface area contributed by atoms with E-state index in [1.165, 1.54) is 0 Å². The minimum atomic E-state index is -0.387.